The van der Waals surface area contributed by atoms with Gasteiger partial charge in [0, 0.05) is 36.9 Å². The molecule has 2 aromatic heterocycles. The van der Waals surface area contributed by atoms with Crippen LogP contribution in [0.2, 0.25) is 0 Å². The maximum absolute atomic E-state index is 13.5. The van der Waals surface area contributed by atoms with Crippen LogP contribution in [0.3, 0.4) is 0 Å². The van der Waals surface area contributed by atoms with Crippen LogP contribution in [0.5, 0.6) is 0 Å². The zero-order valence-corrected chi connectivity index (χ0v) is 20.5. The molecule has 0 radical (unpaired) electrons. The predicted octanol–water partition coefficient (Wildman–Crippen LogP) is 4.41. The number of amides is 1. The summed E-state index contributed by atoms with van der Waals surface area (Å²) in [6.07, 6.45) is 3.40. The summed E-state index contributed by atoms with van der Waals surface area (Å²) >= 11 is 0. The number of hydrogen-bond acceptors (Lipinski definition) is 4. The van der Waals surface area contributed by atoms with Crippen molar-refractivity contribution in [2.24, 2.45) is 13.0 Å². The summed E-state index contributed by atoms with van der Waals surface area (Å²) in [5.74, 6) is 0.308. The van der Waals surface area contributed by atoms with Crippen LogP contribution in [-0.4, -0.2) is 48.7 Å². The Hall–Kier alpha value is -4.33. The first-order valence-electron chi connectivity index (χ1n) is 12.4. The molecule has 1 aliphatic heterocycles. The maximum atomic E-state index is 13.5. The fourth-order valence-electron chi connectivity index (χ4n) is 6.49. The van der Waals surface area contributed by atoms with E-state index in [1.165, 1.54) is 34.3 Å². The highest BCUT2D eigenvalue weighted by Crippen LogP contribution is 2.69. The maximum Gasteiger partial charge on any atom is 0.276 e. The molecule has 184 valence electrons. The van der Waals surface area contributed by atoms with Gasteiger partial charge in [-0.25, -0.2) is 9.07 Å². The minimum Gasteiger partial charge on any atom is -0.336 e. The second kappa shape index (κ2) is 7.83. The van der Waals surface area contributed by atoms with Gasteiger partial charge in [-0.1, -0.05) is 30.3 Å². The van der Waals surface area contributed by atoms with Crippen molar-refractivity contribution >= 4 is 16.8 Å². The molecule has 1 amide bonds. The number of carbonyl (C=O) groups is 1. The zero-order chi connectivity index (χ0) is 25.3. The van der Waals surface area contributed by atoms with Crippen LogP contribution in [0, 0.1) is 18.7 Å². The first-order valence-corrected chi connectivity index (χ1v) is 12.4. The summed E-state index contributed by atoms with van der Waals surface area (Å²) < 4.78 is 15.3. The molecular formula is C29H25FN6O. The van der Waals surface area contributed by atoms with Gasteiger partial charge in [-0.3, -0.25) is 4.79 Å². The minimum absolute atomic E-state index is 0.0747. The van der Waals surface area contributed by atoms with Crippen molar-refractivity contribution < 1.29 is 9.18 Å². The van der Waals surface area contributed by atoms with E-state index in [0.717, 1.165) is 22.2 Å². The molecule has 0 bridgehead atoms. The van der Waals surface area contributed by atoms with E-state index in [4.69, 9.17) is 0 Å². The third-order valence-electron chi connectivity index (χ3n) is 8.13. The quantitative estimate of drug-likeness (QED) is 0.373. The van der Waals surface area contributed by atoms with Gasteiger partial charge in [0.1, 0.15) is 5.82 Å². The van der Waals surface area contributed by atoms with Gasteiger partial charge in [0.2, 0.25) is 0 Å². The molecule has 0 spiro atoms. The smallest absolute Gasteiger partial charge is 0.276 e. The summed E-state index contributed by atoms with van der Waals surface area (Å²) in [5, 5.41) is 14.0. The number of benzene rings is 3. The van der Waals surface area contributed by atoms with E-state index in [1.54, 1.807) is 19.2 Å². The summed E-state index contributed by atoms with van der Waals surface area (Å²) in [4.78, 5) is 16.6. The van der Waals surface area contributed by atoms with Crippen LogP contribution in [0.15, 0.2) is 79.1 Å². The van der Waals surface area contributed by atoms with Crippen molar-refractivity contribution in [1.82, 2.24) is 29.7 Å². The highest BCUT2D eigenvalue weighted by atomic mass is 19.1. The molecule has 3 heterocycles. The Kier molecular flexibility index (Phi) is 4.64. The van der Waals surface area contributed by atoms with Gasteiger partial charge in [0.25, 0.3) is 5.91 Å². The van der Waals surface area contributed by atoms with Crippen LogP contribution in [0.4, 0.5) is 4.39 Å². The van der Waals surface area contributed by atoms with Crippen molar-refractivity contribution in [3.05, 3.63) is 107 Å². The van der Waals surface area contributed by atoms with E-state index in [0.29, 0.717) is 30.6 Å². The molecule has 0 N–H and O–H groups in total. The minimum atomic E-state index is -0.272. The van der Waals surface area contributed by atoms with Gasteiger partial charge in [0.15, 0.2) is 5.69 Å². The summed E-state index contributed by atoms with van der Waals surface area (Å²) in [6.45, 7) is 3.45. The first kappa shape index (κ1) is 21.9. The Morgan fingerprint density at radius 2 is 1.81 bits per heavy atom. The molecule has 3 atom stereocenters. The van der Waals surface area contributed by atoms with Gasteiger partial charge in [-0.05, 0) is 65.9 Å². The normalized spacial score (nSPS) is 22.4. The molecule has 1 saturated carbocycles. The number of carbonyl (C=O) groups excluding carboxylic acids is 1. The molecule has 2 aliphatic rings. The summed E-state index contributed by atoms with van der Waals surface area (Å²) in [6, 6.07) is 21.4. The molecule has 5 aromatic rings. The number of aryl methyl sites for hydroxylation is 2. The summed E-state index contributed by atoms with van der Waals surface area (Å²) in [5.41, 5.74) is 5.72. The van der Waals surface area contributed by atoms with Gasteiger partial charge >= 0.3 is 0 Å². The Morgan fingerprint density at radius 1 is 1.03 bits per heavy atom. The number of aromatic nitrogens is 5. The molecule has 3 aromatic carbocycles. The lowest BCUT2D eigenvalue weighted by Gasteiger charge is -2.25. The molecule has 37 heavy (non-hydrogen) atoms. The fourth-order valence-corrected chi connectivity index (χ4v) is 6.49. The molecule has 2 fully saturated rings. The number of piperidine rings is 1. The molecule has 7 rings (SSSR count). The standard InChI is InChI=1S/C29H25FN6O/c1-18-12-26-20(14-32-36(26)22-10-8-21(30)9-11-22)13-23(18)29-17-35(28(37)25-15-31-34(2)33-25)16-24(29)27(29)19-6-4-3-5-7-19/h3-15,24,27H,16-17H2,1-2H3/t24-,27-,29+/m0/s1. The average Bonchev–Trinajstić information content (AvgIpc) is 3.32. The Morgan fingerprint density at radius 3 is 2.54 bits per heavy atom. The molecule has 1 aliphatic carbocycles. The Bertz CT molecular complexity index is 1660. The van der Waals surface area contributed by atoms with Crippen LogP contribution in [-0.2, 0) is 12.5 Å². The zero-order valence-electron chi connectivity index (χ0n) is 20.5. The van der Waals surface area contributed by atoms with E-state index in [2.05, 4.69) is 58.6 Å². The second-order valence-corrected chi connectivity index (χ2v) is 10.2. The highest BCUT2D eigenvalue weighted by molar-refractivity contribution is 5.93. The Balaban J connectivity index is 1.31. The van der Waals surface area contributed by atoms with Crippen molar-refractivity contribution in [2.75, 3.05) is 13.1 Å². The lowest BCUT2D eigenvalue weighted by atomic mass is 9.86. The monoisotopic (exact) mass is 492 g/mol. The van der Waals surface area contributed by atoms with Crippen molar-refractivity contribution in [3.8, 4) is 5.69 Å². The topological polar surface area (TPSA) is 68.8 Å². The summed E-state index contributed by atoms with van der Waals surface area (Å²) in [7, 11) is 1.72. The van der Waals surface area contributed by atoms with Crippen LogP contribution < -0.4 is 0 Å². The SMILES string of the molecule is Cc1cc2c(cnn2-c2ccc(F)cc2)cc1[C@]12CN(C(=O)c3cnn(C)n3)C[C@H]1[C@@H]2c1ccccc1. The van der Waals surface area contributed by atoms with Crippen LogP contribution >= 0.6 is 0 Å². The van der Waals surface area contributed by atoms with E-state index in [-0.39, 0.29) is 17.1 Å². The third-order valence-corrected chi connectivity index (χ3v) is 8.13. The number of nitrogens with zero attached hydrogens (tertiary/aromatic N) is 6. The van der Waals surface area contributed by atoms with E-state index in [9.17, 15) is 9.18 Å². The van der Waals surface area contributed by atoms with Gasteiger partial charge in [0.05, 0.1) is 23.6 Å². The molecular weight excluding hydrogens is 467 g/mol. The highest BCUT2D eigenvalue weighted by Gasteiger charge is 2.71. The lowest BCUT2D eigenvalue weighted by molar-refractivity contribution is 0.0762. The van der Waals surface area contributed by atoms with E-state index < -0.39 is 0 Å². The van der Waals surface area contributed by atoms with Gasteiger partial charge in [-0.2, -0.15) is 15.0 Å². The van der Waals surface area contributed by atoms with Crippen LogP contribution in [0.25, 0.3) is 16.6 Å². The molecule has 1 saturated heterocycles. The number of likely N-dealkylation sites (tertiary alicyclic amines) is 1. The fraction of sp³-hybridized carbons (Fsp3) is 0.241. The first-order chi connectivity index (χ1) is 18.0. The van der Waals surface area contributed by atoms with Crippen LogP contribution in [0.1, 0.15) is 33.1 Å². The van der Waals surface area contributed by atoms with Crippen molar-refractivity contribution in [2.45, 2.75) is 18.3 Å². The van der Waals surface area contributed by atoms with Gasteiger partial charge in [-0.15, -0.1) is 5.10 Å². The predicted molar refractivity (Wildman–Crippen MR) is 137 cm³/mol. The largest absolute Gasteiger partial charge is 0.336 e. The van der Waals surface area contributed by atoms with Crippen molar-refractivity contribution in [1.29, 1.82) is 0 Å². The number of fused-ring (bicyclic) bond motifs is 2. The van der Waals surface area contributed by atoms with Crippen molar-refractivity contribution in [3.63, 3.8) is 0 Å². The Labute approximate surface area is 213 Å². The van der Waals surface area contributed by atoms with Gasteiger partial charge < -0.3 is 4.90 Å². The number of halogens is 1. The molecule has 8 heteroatoms. The van der Waals surface area contributed by atoms with E-state index >= 15 is 0 Å². The number of hydrogen-bond donors (Lipinski definition) is 0. The second-order valence-electron chi connectivity index (χ2n) is 10.2. The third kappa shape index (κ3) is 3.25. The molecule has 0 unspecified atom stereocenters. The average molecular weight is 493 g/mol. The van der Waals surface area contributed by atoms with E-state index in [1.807, 2.05) is 21.8 Å². The molecule has 7 nitrogen and oxygen atoms in total. The number of rotatable bonds is 4. The lowest BCUT2D eigenvalue weighted by Crippen LogP contribution is -2.35.